The van der Waals surface area contributed by atoms with E-state index < -0.39 is 0 Å². The Bertz CT molecular complexity index is 536. The SMILES string of the molecule is C=C1CSC(c2ccc3c(n2)C=CC3)C(=O)N1. The predicted octanol–water partition coefficient (Wildman–Crippen LogP) is 2.07. The van der Waals surface area contributed by atoms with Crippen molar-refractivity contribution in [3.63, 3.8) is 0 Å². The highest BCUT2D eigenvalue weighted by molar-refractivity contribution is 8.00. The van der Waals surface area contributed by atoms with Crippen LogP contribution < -0.4 is 5.32 Å². The average Bonchev–Trinajstić information content (AvgIpc) is 2.75. The number of fused-ring (bicyclic) bond motifs is 1. The number of pyridine rings is 1. The number of hydrogen-bond acceptors (Lipinski definition) is 3. The van der Waals surface area contributed by atoms with Crippen LogP contribution in [0.3, 0.4) is 0 Å². The number of carbonyl (C=O) groups is 1. The topological polar surface area (TPSA) is 42.0 Å². The molecule has 1 amide bonds. The van der Waals surface area contributed by atoms with Crippen LogP contribution in [0.4, 0.5) is 0 Å². The summed E-state index contributed by atoms with van der Waals surface area (Å²) < 4.78 is 0. The summed E-state index contributed by atoms with van der Waals surface area (Å²) in [5.74, 6) is 0.742. The maximum Gasteiger partial charge on any atom is 0.243 e. The smallest absolute Gasteiger partial charge is 0.243 e. The summed E-state index contributed by atoms with van der Waals surface area (Å²) >= 11 is 1.58. The molecule has 1 aliphatic carbocycles. The fourth-order valence-corrected chi connectivity index (χ4v) is 2.99. The lowest BCUT2D eigenvalue weighted by Crippen LogP contribution is -2.33. The van der Waals surface area contributed by atoms with E-state index in [0.29, 0.717) is 0 Å². The van der Waals surface area contributed by atoms with Crippen molar-refractivity contribution in [1.82, 2.24) is 10.3 Å². The van der Waals surface area contributed by atoms with Crippen molar-refractivity contribution in [2.24, 2.45) is 0 Å². The number of nitrogens with one attached hydrogen (secondary N) is 1. The number of carbonyl (C=O) groups excluding carboxylic acids is 1. The van der Waals surface area contributed by atoms with Gasteiger partial charge in [-0.3, -0.25) is 9.78 Å². The van der Waals surface area contributed by atoms with Crippen LogP contribution in [0.2, 0.25) is 0 Å². The van der Waals surface area contributed by atoms with Gasteiger partial charge in [-0.2, -0.15) is 0 Å². The maximum atomic E-state index is 11.9. The molecule has 1 unspecified atom stereocenters. The van der Waals surface area contributed by atoms with Crippen LogP contribution in [0.1, 0.15) is 22.2 Å². The minimum Gasteiger partial charge on any atom is -0.328 e. The summed E-state index contributed by atoms with van der Waals surface area (Å²) in [4.78, 5) is 16.4. The second-order valence-corrected chi connectivity index (χ2v) is 5.26. The van der Waals surface area contributed by atoms with Crippen LogP contribution in [-0.2, 0) is 11.2 Å². The van der Waals surface area contributed by atoms with Gasteiger partial charge >= 0.3 is 0 Å². The largest absolute Gasteiger partial charge is 0.328 e. The van der Waals surface area contributed by atoms with E-state index >= 15 is 0 Å². The van der Waals surface area contributed by atoms with E-state index in [0.717, 1.165) is 29.3 Å². The third-order valence-electron chi connectivity index (χ3n) is 2.88. The molecule has 3 rings (SSSR count). The van der Waals surface area contributed by atoms with Crippen molar-refractivity contribution >= 4 is 23.7 Å². The Morgan fingerprint density at radius 3 is 3.18 bits per heavy atom. The van der Waals surface area contributed by atoms with Crippen molar-refractivity contribution in [2.75, 3.05) is 5.75 Å². The molecule has 1 atom stereocenters. The fourth-order valence-electron chi connectivity index (χ4n) is 2.04. The molecule has 0 radical (unpaired) electrons. The molecular formula is C13H12N2OS. The van der Waals surface area contributed by atoms with Crippen molar-refractivity contribution in [3.05, 3.63) is 47.4 Å². The van der Waals surface area contributed by atoms with Gasteiger partial charge in [-0.25, -0.2) is 0 Å². The number of allylic oxidation sites excluding steroid dienone is 1. The Kier molecular flexibility index (Phi) is 2.52. The Morgan fingerprint density at radius 2 is 2.35 bits per heavy atom. The van der Waals surface area contributed by atoms with Gasteiger partial charge in [0.05, 0.1) is 11.4 Å². The second-order valence-electron chi connectivity index (χ2n) is 4.17. The second kappa shape index (κ2) is 4.04. The van der Waals surface area contributed by atoms with E-state index in [4.69, 9.17) is 0 Å². The lowest BCUT2D eigenvalue weighted by Gasteiger charge is -2.22. The Balaban J connectivity index is 1.91. The number of hydrogen-bond donors (Lipinski definition) is 1. The van der Waals surface area contributed by atoms with Crippen LogP contribution in [-0.4, -0.2) is 16.6 Å². The monoisotopic (exact) mass is 244 g/mol. The zero-order valence-corrected chi connectivity index (χ0v) is 10.1. The van der Waals surface area contributed by atoms with E-state index in [9.17, 15) is 4.79 Å². The predicted molar refractivity (Wildman–Crippen MR) is 69.5 cm³/mol. The van der Waals surface area contributed by atoms with Gasteiger partial charge in [-0.05, 0) is 24.1 Å². The van der Waals surface area contributed by atoms with E-state index in [-0.39, 0.29) is 11.2 Å². The summed E-state index contributed by atoms with van der Waals surface area (Å²) in [7, 11) is 0. The van der Waals surface area contributed by atoms with E-state index in [1.165, 1.54) is 5.56 Å². The molecule has 3 nitrogen and oxygen atoms in total. The Morgan fingerprint density at radius 1 is 1.47 bits per heavy atom. The summed E-state index contributed by atoms with van der Waals surface area (Å²) in [6, 6.07) is 4.02. The zero-order valence-electron chi connectivity index (χ0n) is 9.27. The van der Waals surface area contributed by atoms with Gasteiger partial charge in [0.2, 0.25) is 5.91 Å². The van der Waals surface area contributed by atoms with E-state index in [2.05, 4.69) is 29.0 Å². The van der Waals surface area contributed by atoms with Gasteiger partial charge in [0, 0.05) is 11.4 Å². The lowest BCUT2D eigenvalue weighted by molar-refractivity contribution is -0.120. The number of aromatic nitrogens is 1. The first-order valence-corrected chi connectivity index (χ1v) is 6.55. The van der Waals surface area contributed by atoms with Crippen LogP contribution in [0, 0.1) is 0 Å². The quantitative estimate of drug-likeness (QED) is 0.822. The number of nitrogens with zero attached hydrogens (tertiary/aromatic N) is 1. The molecule has 1 fully saturated rings. The molecule has 1 N–H and O–H groups in total. The summed E-state index contributed by atoms with van der Waals surface area (Å²) in [6.45, 7) is 3.77. The minimum atomic E-state index is -0.209. The summed E-state index contributed by atoms with van der Waals surface area (Å²) in [5.41, 5.74) is 3.85. The number of rotatable bonds is 1. The third kappa shape index (κ3) is 1.89. The standard InChI is InChI=1S/C13H12N2OS/c1-8-7-17-12(13(16)14-8)11-6-5-9-3-2-4-10(9)15-11/h2,4-6,12H,1,3,7H2,(H,14,16). The average molecular weight is 244 g/mol. The first-order valence-electron chi connectivity index (χ1n) is 5.50. The molecule has 1 aromatic rings. The molecule has 0 aromatic carbocycles. The molecule has 1 aromatic heterocycles. The van der Waals surface area contributed by atoms with Crippen LogP contribution in [0.5, 0.6) is 0 Å². The van der Waals surface area contributed by atoms with Crippen molar-refractivity contribution in [2.45, 2.75) is 11.7 Å². The first-order chi connectivity index (χ1) is 8.24. The highest BCUT2D eigenvalue weighted by Crippen LogP contribution is 2.33. The van der Waals surface area contributed by atoms with Gasteiger partial charge in [-0.1, -0.05) is 18.7 Å². The molecule has 0 bridgehead atoms. The van der Waals surface area contributed by atoms with Crippen LogP contribution in [0.25, 0.3) is 6.08 Å². The van der Waals surface area contributed by atoms with Gasteiger partial charge < -0.3 is 5.32 Å². The molecule has 17 heavy (non-hydrogen) atoms. The van der Waals surface area contributed by atoms with E-state index in [1.54, 1.807) is 11.8 Å². The highest BCUT2D eigenvalue weighted by atomic mass is 32.2. The zero-order chi connectivity index (χ0) is 11.8. The minimum absolute atomic E-state index is 0.0133. The van der Waals surface area contributed by atoms with Gasteiger partial charge in [0.15, 0.2) is 0 Å². The lowest BCUT2D eigenvalue weighted by atomic mass is 10.1. The van der Waals surface area contributed by atoms with Gasteiger partial charge in [0.1, 0.15) is 5.25 Å². The van der Waals surface area contributed by atoms with Crippen molar-refractivity contribution in [3.8, 4) is 0 Å². The molecule has 2 heterocycles. The van der Waals surface area contributed by atoms with Gasteiger partial charge in [0.25, 0.3) is 0 Å². The van der Waals surface area contributed by atoms with Crippen LogP contribution in [0.15, 0.2) is 30.5 Å². The molecule has 86 valence electrons. The van der Waals surface area contributed by atoms with E-state index in [1.807, 2.05) is 12.1 Å². The first kappa shape index (κ1) is 10.6. The molecule has 1 saturated heterocycles. The summed E-state index contributed by atoms with van der Waals surface area (Å²) in [6.07, 6.45) is 5.06. The third-order valence-corrected chi connectivity index (χ3v) is 4.18. The number of amides is 1. The van der Waals surface area contributed by atoms with Crippen molar-refractivity contribution in [1.29, 1.82) is 0 Å². The molecule has 0 spiro atoms. The fraction of sp³-hybridized carbons (Fsp3) is 0.231. The molecule has 2 aliphatic rings. The number of thioether (sulfide) groups is 1. The molecule has 4 heteroatoms. The summed E-state index contributed by atoms with van der Waals surface area (Å²) in [5, 5.41) is 2.57. The molecule has 1 aliphatic heterocycles. The van der Waals surface area contributed by atoms with Crippen molar-refractivity contribution < 1.29 is 4.79 Å². The maximum absolute atomic E-state index is 11.9. The Labute approximate surface area is 104 Å². The van der Waals surface area contributed by atoms with Gasteiger partial charge in [-0.15, -0.1) is 11.8 Å². The molecule has 0 saturated carbocycles. The Hall–Kier alpha value is -1.55. The molecular weight excluding hydrogens is 232 g/mol. The normalized spacial score (nSPS) is 22.5. The highest BCUT2D eigenvalue weighted by Gasteiger charge is 2.27. The van der Waals surface area contributed by atoms with Crippen LogP contribution >= 0.6 is 11.8 Å².